The summed E-state index contributed by atoms with van der Waals surface area (Å²) in [4.78, 5) is 29.3. The van der Waals surface area contributed by atoms with Crippen LogP contribution in [0.5, 0.6) is 0 Å². The van der Waals surface area contributed by atoms with Crippen molar-refractivity contribution in [2.75, 3.05) is 38.1 Å². The van der Waals surface area contributed by atoms with Crippen molar-refractivity contribution >= 4 is 29.9 Å². The van der Waals surface area contributed by atoms with Gasteiger partial charge in [0.05, 0.1) is 5.92 Å². The number of rotatable bonds is 4. The molecule has 0 aromatic heterocycles. The second-order valence-electron chi connectivity index (χ2n) is 7.47. The predicted molar refractivity (Wildman–Crippen MR) is 107 cm³/mol. The normalized spacial score (nSPS) is 23.1. The highest BCUT2D eigenvalue weighted by molar-refractivity contribution is 6.01. The molecular weight excluding hydrogens is 350 g/mol. The summed E-state index contributed by atoms with van der Waals surface area (Å²) in [5.41, 5.74) is 3.24. The van der Waals surface area contributed by atoms with E-state index in [9.17, 15) is 9.59 Å². The average molecular weight is 380 g/mol. The number of amides is 2. The van der Waals surface area contributed by atoms with Gasteiger partial charge in [0.2, 0.25) is 11.8 Å². The number of nitrogens with one attached hydrogen (secondary N) is 1. The molecule has 0 aliphatic carbocycles. The summed E-state index contributed by atoms with van der Waals surface area (Å²) in [7, 11) is 1.96. The Hall–Kier alpha value is -1.59. The van der Waals surface area contributed by atoms with Crippen LogP contribution in [-0.2, 0) is 9.59 Å². The molecule has 2 unspecified atom stereocenters. The summed E-state index contributed by atoms with van der Waals surface area (Å²) >= 11 is 0. The monoisotopic (exact) mass is 379 g/mol. The van der Waals surface area contributed by atoms with Crippen molar-refractivity contribution in [1.29, 1.82) is 0 Å². The number of aryl methyl sites for hydroxylation is 1. The van der Waals surface area contributed by atoms with Gasteiger partial charge in [-0.15, -0.1) is 12.4 Å². The second-order valence-corrected chi connectivity index (χ2v) is 7.47. The quantitative estimate of drug-likeness (QED) is 0.874. The Morgan fingerprint density at radius 2 is 2.04 bits per heavy atom. The summed E-state index contributed by atoms with van der Waals surface area (Å²) in [6.45, 7) is 7.19. The molecule has 144 valence electrons. The van der Waals surface area contributed by atoms with Gasteiger partial charge in [0.25, 0.3) is 0 Å². The van der Waals surface area contributed by atoms with E-state index in [2.05, 4.69) is 18.3 Å². The Bertz CT molecular complexity index is 662. The molecule has 1 aromatic carbocycles. The lowest BCUT2D eigenvalue weighted by atomic mass is 9.96. The summed E-state index contributed by atoms with van der Waals surface area (Å²) in [6.07, 6.45) is 2.56. The number of halogens is 1. The van der Waals surface area contributed by atoms with E-state index in [0.717, 1.165) is 37.3 Å². The van der Waals surface area contributed by atoms with Gasteiger partial charge in [0.15, 0.2) is 0 Å². The highest BCUT2D eigenvalue weighted by atomic mass is 35.5. The first-order valence-electron chi connectivity index (χ1n) is 9.31. The van der Waals surface area contributed by atoms with Crippen LogP contribution in [0.1, 0.15) is 30.4 Å². The maximum Gasteiger partial charge on any atom is 0.228 e. The number of benzene rings is 1. The lowest BCUT2D eigenvalue weighted by Crippen LogP contribution is -2.45. The fraction of sp³-hybridized carbons (Fsp3) is 0.600. The van der Waals surface area contributed by atoms with Gasteiger partial charge in [-0.25, -0.2) is 0 Å². The fourth-order valence-corrected chi connectivity index (χ4v) is 4.11. The van der Waals surface area contributed by atoms with Crippen molar-refractivity contribution in [3.8, 4) is 0 Å². The molecule has 0 bridgehead atoms. The third-order valence-electron chi connectivity index (χ3n) is 5.66. The number of likely N-dealkylation sites (tertiary alicyclic amines) is 1. The molecule has 2 saturated heterocycles. The Kier molecular flexibility index (Phi) is 7.07. The molecular formula is C20H30ClN3O2. The zero-order chi connectivity index (χ0) is 18.0. The van der Waals surface area contributed by atoms with Crippen LogP contribution in [0.3, 0.4) is 0 Å². The van der Waals surface area contributed by atoms with Crippen molar-refractivity contribution in [3.05, 3.63) is 29.3 Å². The third-order valence-corrected chi connectivity index (χ3v) is 5.66. The molecule has 2 atom stereocenters. The zero-order valence-electron chi connectivity index (χ0n) is 16.0. The van der Waals surface area contributed by atoms with Crippen molar-refractivity contribution in [2.45, 2.75) is 33.1 Å². The van der Waals surface area contributed by atoms with Crippen molar-refractivity contribution < 1.29 is 9.59 Å². The van der Waals surface area contributed by atoms with Crippen LogP contribution in [0.2, 0.25) is 0 Å². The first-order chi connectivity index (χ1) is 12.0. The maximum absolute atomic E-state index is 13.0. The smallest absolute Gasteiger partial charge is 0.228 e. The zero-order valence-corrected chi connectivity index (χ0v) is 16.8. The molecule has 2 amide bonds. The molecule has 6 heteroatoms. The van der Waals surface area contributed by atoms with E-state index < -0.39 is 0 Å². The number of piperidine rings is 1. The Morgan fingerprint density at radius 3 is 2.77 bits per heavy atom. The van der Waals surface area contributed by atoms with E-state index >= 15 is 0 Å². The number of carbonyl (C=O) groups is 2. The standard InChI is InChI=1S/C20H29N3O2.ClH/c1-14-6-4-8-18(15(14)2)23-13-17(10-19(23)24)20(25)22-9-5-7-16(12-22)11-21-3;/h4,6,8,16-17,21H,5,7,9-13H2,1-3H3;1H. The number of nitrogens with zero attached hydrogens (tertiary/aromatic N) is 2. The topological polar surface area (TPSA) is 52.7 Å². The minimum atomic E-state index is -0.208. The van der Waals surface area contributed by atoms with E-state index in [-0.39, 0.29) is 30.1 Å². The minimum absolute atomic E-state index is 0. The van der Waals surface area contributed by atoms with Crippen LogP contribution in [0.15, 0.2) is 18.2 Å². The Labute approximate surface area is 162 Å². The molecule has 1 aromatic rings. The molecule has 0 spiro atoms. The Balaban J connectivity index is 0.00000243. The second kappa shape index (κ2) is 8.87. The summed E-state index contributed by atoms with van der Waals surface area (Å²) in [5, 5.41) is 3.21. The largest absolute Gasteiger partial charge is 0.342 e. The first-order valence-corrected chi connectivity index (χ1v) is 9.31. The van der Waals surface area contributed by atoms with Crippen molar-refractivity contribution in [1.82, 2.24) is 10.2 Å². The van der Waals surface area contributed by atoms with Crippen LogP contribution in [-0.4, -0.2) is 49.9 Å². The van der Waals surface area contributed by atoms with Crippen LogP contribution in [0.25, 0.3) is 0 Å². The van der Waals surface area contributed by atoms with E-state index in [4.69, 9.17) is 0 Å². The van der Waals surface area contributed by atoms with Gasteiger partial charge in [-0.05, 0) is 63.4 Å². The molecule has 1 N–H and O–H groups in total. The Morgan fingerprint density at radius 1 is 1.27 bits per heavy atom. The van der Waals surface area contributed by atoms with E-state index in [1.54, 1.807) is 4.90 Å². The molecule has 0 saturated carbocycles. The molecule has 2 aliphatic heterocycles. The van der Waals surface area contributed by atoms with Gasteiger partial charge in [-0.2, -0.15) is 0 Å². The molecule has 2 aliphatic rings. The summed E-state index contributed by atoms with van der Waals surface area (Å²) in [5.74, 6) is 0.536. The predicted octanol–water partition coefficient (Wildman–Crippen LogP) is 2.54. The van der Waals surface area contributed by atoms with Gasteiger partial charge in [-0.3, -0.25) is 9.59 Å². The van der Waals surface area contributed by atoms with Crippen LogP contribution < -0.4 is 10.2 Å². The van der Waals surface area contributed by atoms with Crippen molar-refractivity contribution in [2.24, 2.45) is 11.8 Å². The first kappa shape index (κ1) is 20.7. The van der Waals surface area contributed by atoms with E-state index in [1.807, 2.05) is 31.0 Å². The molecule has 2 heterocycles. The van der Waals surface area contributed by atoms with Gasteiger partial charge in [0, 0.05) is 31.7 Å². The van der Waals surface area contributed by atoms with E-state index in [0.29, 0.717) is 18.9 Å². The van der Waals surface area contributed by atoms with Gasteiger partial charge in [-0.1, -0.05) is 12.1 Å². The fourth-order valence-electron chi connectivity index (χ4n) is 4.11. The third kappa shape index (κ3) is 4.21. The van der Waals surface area contributed by atoms with Crippen LogP contribution >= 0.6 is 12.4 Å². The van der Waals surface area contributed by atoms with E-state index in [1.165, 1.54) is 12.0 Å². The molecule has 0 radical (unpaired) electrons. The summed E-state index contributed by atoms with van der Waals surface area (Å²) < 4.78 is 0. The molecule has 26 heavy (non-hydrogen) atoms. The molecule has 3 rings (SSSR count). The maximum atomic E-state index is 13.0. The highest BCUT2D eigenvalue weighted by Gasteiger charge is 2.38. The average Bonchev–Trinajstić information content (AvgIpc) is 2.99. The van der Waals surface area contributed by atoms with Gasteiger partial charge >= 0.3 is 0 Å². The van der Waals surface area contributed by atoms with Gasteiger partial charge < -0.3 is 15.1 Å². The highest BCUT2D eigenvalue weighted by Crippen LogP contribution is 2.31. The van der Waals surface area contributed by atoms with Crippen LogP contribution in [0, 0.1) is 25.7 Å². The molecule has 5 nitrogen and oxygen atoms in total. The van der Waals surface area contributed by atoms with Crippen molar-refractivity contribution in [3.63, 3.8) is 0 Å². The number of anilines is 1. The minimum Gasteiger partial charge on any atom is -0.342 e. The van der Waals surface area contributed by atoms with Gasteiger partial charge in [0.1, 0.15) is 0 Å². The summed E-state index contributed by atoms with van der Waals surface area (Å²) in [6, 6.07) is 6.02. The lowest BCUT2D eigenvalue weighted by molar-refractivity contribution is -0.137. The number of hydrogen-bond acceptors (Lipinski definition) is 3. The van der Waals surface area contributed by atoms with Crippen LogP contribution in [0.4, 0.5) is 5.69 Å². The SMILES string of the molecule is CNCC1CCCN(C(=O)C2CC(=O)N(c3cccc(C)c3C)C2)C1.Cl. The number of hydrogen-bond donors (Lipinski definition) is 1. The molecule has 2 fully saturated rings. The number of carbonyl (C=O) groups excluding carboxylic acids is 2. The lowest BCUT2D eigenvalue weighted by Gasteiger charge is -2.34.